The molecule has 1 aromatic carbocycles. The predicted molar refractivity (Wildman–Crippen MR) is 121 cm³/mol. The van der Waals surface area contributed by atoms with E-state index in [2.05, 4.69) is 5.32 Å². The molecule has 2 heterocycles. The van der Waals surface area contributed by atoms with Crippen molar-refractivity contribution in [2.75, 3.05) is 24.7 Å². The Morgan fingerprint density at radius 1 is 1.10 bits per heavy atom. The average molecular weight is 430 g/mol. The van der Waals surface area contributed by atoms with Crippen molar-refractivity contribution in [2.24, 2.45) is 5.92 Å². The molecule has 0 radical (unpaired) electrons. The molecule has 1 N–H and O–H groups in total. The lowest BCUT2D eigenvalue weighted by Crippen LogP contribution is -2.54. The molecular weight excluding hydrogens is 398 g/mol. The van der Waals surface area contributed by atoms with E-state index < -0.39 is 6.04 Å². The second kappa shape index (κ2) is 9.69. The van der Waals surface area contributed by atoms with Crippen LogP contribution >= 0.6 is 11.8 Å². The number of nitrogens with zero attached hydrogens (tertiary/aromatic N) is 2. The van der Waals surface area contributed by atoms with Crippen molar-refractivity contribution in [1.82, 2.24) is 15.1 Å². The van der Waals surface area contributed by atoms with Gasteiger partial charge in [-0.2, -0.15) is 0 Å². The summed E-state index contributed by atoms with van der Waals surface area (Å²) in [5.74, 6) is 0.996. The van der Waals surface area contributed by atoms with Crippen LogP contribution in [0, 0.1) is 5.92 Å². The van der Waals surface area contributed by atoms with E-state index in [0.29, 0.717) is 37.6 Å². The summed E-state index contributed by atoms with van der Waals surface area (Å²) < 4.78 is 0. The van der Waals surface area contributed by atoms with Gasteiger partial charge in [0.15, 0.2) is 0 Å². The van der Waals surface area contributed by atoms with Crippen LogP contribution < -0.4 is 5.32 Å². The van der Waals surface area contributed by atoms with E-state index in [1.807, 2.05) is 57.2 Å². The SMILES string of the molecule is CC(C)(C)NC(=O)[C@@H]1CSCN1C(=O)C1CCN(C(=O)/C=C\c2ccccc2)CC1. The molecule has 1 atom stereocenters. The first kappa shape index (κ1) is 22.4. The minimum absolute atomic E-state index is 0.0242. The molecule has 2 aliphatic heterocycles. The average Bonchev–Trinajstić information content (AvgIpc) is 3.21. The van der Waals surface area contributed by atoms with Gasteiger partial charge in [0.25, 0.3) is 0 Å². The molecule has 1 aromatic rings. The van der Waals surface area contributed by atoms with Gasteiger partial charge in [-0.1, -0.05) is 30.3 Å². The molecule has 0 unspecified atom stereocenters. The fourth-order valence-corrected chi connectivity index (χ4v) is 4.91. The van der Waals surface area contributed by atoms with Crippen molar-refractivity contribution in [3.63, 3.8) is 0 Å². The summed E-state index contributed by atoms with van der Waals surface area (Å²) in [6.45, 7) is 6.96. The van der Waals surface area contributed by atoms with Crippen LogP contribution in [0.4, 0.5) is 0 Å². The maximum Gasteiger partial charge on any atom is 0.246 e. The number of carbonyl (C=O) groups excluding carboxylic acids is 3. The van der Waals surface area contributed by atoms with Crippen LogP contribution in [-0.4, -0.2) is 63.8 Å². The summed E-state index contributed by atoms with van der Waals surface area (Å²) in [7, 11) is 0. The quantitative estimate of drug-likeness (QED) is 0.748. The van der Waals surface area contributed by atoms with Crippen LogP contribution in [0.25, 0.3) is 6.08 Å². The molecule has 3 amide bonds. The number of thioether (sulfide) groups is 1. The Kier molecular flexibility index (Phi) is 7.23. The van der Waals surface area contributed by atoms with Gasteiger partial charge in [-0.15, -0.1) is 11.8 Å². The van der Waals surface area contributed by atoms with E-state index in [1.165, 1.54) is 0 Å². The molecule has 2 aliphatic rings. The summed E-state index contributed by atoms with van der Waals surface area (Å²) in [4.78, 5) is 41.7. The first-order chi connectivity index (χ1) is 14.2. The normalized spacial score (nSPS) is 20.6. The first-order valence-corrected chi connectivity index (χ1v) is 11.6. The van der Waals surface area contributed by atoms with Gasteiger partial charge >= 0.3 is 0 Å². The van der Waals surface area contributed by atoms with Gasteiger partial charge in [0, 0.05) is 36.4 Å². The van der Waals surface area contributed by atoms with E-state index in [0.717, 1.165) is 5.56 Å². The van der Waals surface area contributed by atoms with Crippen LogP contribution in [0.3, 0.4) is 0 Å². The van der Waals surface area contributed by atoms with Gasteiger partial charge in [-0.25, -0.2) is 0 Å². The molecule has 0 bridgehead atoms. The van der Waals surface area contributed by atoms with Gasteiger partial charge in [0.2, 0.25) is 17.7 Å². The molecule has 0 saturated carbocycles. The number of hydrogen-bond donors (Lipinski definition) is 1. The summed E-state index contributed by atoms with van der Waals surface area (Å²) in [5.41, 5.74) is 0.667. The topological polar surface area (TPSA) is 69.7 Å². The molecule has 30 heavy (non-hydrogen) atoms. The zero-order valence-corrected chi connectivity index (χ0v) is 18.8. The van der Waals surface area contributed by atoms with Gasteiger partial charge in [-0.3, -0.25) is 14.4 Å². The Bertz CT molecular complexity index is 796. The number of carbonyl (C=O) groups is 3. The van der Waals surface area contributed by atoms with Crippen LogP contribution in [0.2, 0.25) is 0 Å². The Hall–Kier alpha value is -2.28. The lowest BCUT2D eigenvalue weighted by atomic mass is 9.94. The Morgan fingerprint density at radius 2 is 1.77 bits per heavy atom. The second-order valence-electron chi connectivity index (χ2n) is 8.91. The van der Waals surface area contributed by atoms with Gasteiger partial charge in [0.1, 0.15) is 6.04 Å². The fourth-order valence-electron chi connectivity index (χ4n) is 3.75. The molecule has 7 heteroatoms. The van der Waals surface area contributed by atoms with Crippen molar-refractivity contribution in [1.29, 1.82) is 0 Å². The number of rotatable bonds is 4. The summed E-state index contributed by atoms with van der Waals surface area (Å²) in [6.07, 6.45) is 4.69. The van der Waals surface area contributed by atoms with Crippen molar-refractivity contribution < 1.29 is 14.4 Å². The number of benzene rings is 1. The third-order valence-corrected chi connectivity index (χ3v) is 6.35. The van der Waals surface area contributed by atoms with E-state index in [-0.39, 0.29) is 29.2 Å². The lowest BCUT2D eigenvalue weighted by Gasteiger charge is -2.34. The maximum atomic E-state index is 13.1. The van der Waals surface area contributed by atoms with Crippen LogP contribution in [0.15, 0.2) is 36.4 Å². The highest BCUT2D eigenvalue weighted by molar-refractivity contribution is 7.99. The van der Waals surface area contributed by atoms with E-state index in [9.17, 15) is 14.4 Å². The van der Waals surface area contributed by atoms with Gasteiger partial charge in [0.05, 0.1) is 5.88 Å². The second-order valence-corrected chi connectivity index (χ2v) is 9.91. The zero-order valence-electron chi connectivity index (χ0n) is 18.0. The number of nitrogens with one attached hydrogen (secondary N) is 1. The highest BCUT2D eigenvalue weighted by atomic mass is 32.2. The van der Waals surface area contributed by atoms with Crippen molar-refractivity contribution in [3.05, 3.63) is 42.0 Å². The molecular formula is C23H31N3O3S. The predicted octanol–water partition coefficient (Wildman–Crippen LogP) is 2.75. The van der Waals surface area contributed by atoms with Crippen molar-refractivity contribution >= 4 is 35.6 Å². The molecule has 6 nitrogen and oxygen atoms in total. The smallest absolute Gasteiger partial charge is 0.246 e. The third-order valence-electron chi connectivity index (χ3n) is 5.34. The number of hydrogen-bond acceptors (Lipinski definition) is 4. The monoisotopic (exact) mass is 429 g/mol. The Labute approximate surface area is 183 Å². The van der Waals surface area contributed by atoms with E-state index >= 15 is 0 Å². The number of amides is 3. The van der Waals surface area contributed by atoms with Crippen LogP contribution in [-0.2, 0) is 14.4 Å². The van der Waals surface area contributed by atoms with E-state index in [4.69, 9.17) is 0 Å². The van der Waals surface area contributed by atoms with Gasteiger partial charge in [-0.05, 0) is 45.3 Å². The highest BCUT2D eigenvalue weighted by Gasteiger charge is 2.39. The first-order valence-electron chi connectivity index (χ1n) is 10.5. The van der Waals surface area contributed by atoms with Crippen LogP contribution in [0.1, 0.15) is 39.2 Å². The standard InChI is InChI=1S/C23H31N3O3S/c1-23(2,3)24-21(28)19-15-30-16-26(19)22(29)18-11-13-25(14-12-18)20(27)10-9-17-7-5-4-6-8-17/h4-10,18-19H,11-16H2,1-3H3,(H,24,28)/b10-9-/t19-/m0/s1. The molecule has 0 aliphatic carbocycles. The maximum absolute atomic E-state index is 13.1. The summed E-state index contributed by atoms with van der Waals surface area (Å²) in [5, 5.41) is 2.99. The zero-order chi connectivity index (χ0) is 21.7. The highest BCUT2D eigenvalue weighted by Crippen LogP contribution is 2.27. The Balaban J connectivity index is 1.52. The Morgan fingerprint density at radius 3 is 2.40 bits per heavy atom. The van der Waals surface area contributed by atoms with Crippen molar-refractivity contribution in [2.45, 2.75) is 45.2 Å². The summed E-state index contributed by atoms with van der Waals surface area (Å²) in [6, 6.07) is 9.32. The van der Waals surface area contributed by atoms with Gasteiger partial charge < -0.3 is 15.1 Å². The lowest BCUT2D eigenvalue weighted by molar-refractivity contribution is -0.143. The molecule has 0 aromatic heterocycles. The molecule has 2 fully saturated rings. The molecule has 2 saturated heterocycles. The molecule has 0 spiro atoms. The molecule has 162 valence electrons. The number of likely N-dealkylation sites (tertiary alicyclic amines) is 1. The minimum atomic E-state index is -0.407. The molecule has 3 rings (SSSR count). The third kappa shape index (κ3) is 5.88. The minimum Gasteiger partial charge on any atom is -0.350 e. The fraction of sp³-hybridized carbons (Fsp3) is 0.522. The van der Waals surface area contributed by atoms with E-state index in [1.54, 1.807) is 27.6 Å². The van der Waals surface area contributed by atoms with Crippen LogP contribution in [0.5, 0.6) is 0 Å². The number of piperidine rings is 1. The van der Waals surface area contributed by atoms with Crippen molar-refractivity contribution in [3.8, 4) is 0 Å². The largest absolute Gasteiger partial charge is 0.350 e. The summed E-state index contributed by atoms with van der Waals surface area (Å²) >= 11 is 1.62.